The molecule has 0 aliphatic carbocycles. The van der Waals surface area contributed by atoms with Gasteiger partial charge in [-0.3, -0.25) is 4.79 Å². The number of rotatable bonds is 5. The molecular weight excluding hydrogens is 250 g/mol. The summed E-state index contributed by atoms with van der Waals surface area (Å²) in [6.07, 6.45) is 1.38. The Morgan fingerprint density at radius 3 is 3.16 bits per heavy atom. The zero-order valence-corrected chi connectivity index (χ0v) is 10.9. The molecule has 2 heterocycles. The number of carboxylic acids is 1. The first kappa shape index (κ1) is 13.5. The summed E-state index contributed by atoms with van der Waals surface area (Å²) in [4.78, 5) is 19.3. The molecule has 0 amide bonds. The molecule has 1 saturated heterocycles. The lowest BCUT2D eigenvalue weighted by Gasteiger charge is -2.25. The fraction of sp³-hybridized carbons (Fsp3) is 0.583. The number of carbonyl (C=O) groups is 1. The maximum atomic E-state index is 11.3. The van der Waals surface area contributed by atoms with Gasteiger partial charge in [0.15, 0.2) is 0 Å². The number of hydrogen-bond donors (Lipinski definition) is 2. The molecule has 19 heavy (non-hydrogen) atoms. The molecule has 2 rings (SSSR count). The lowest BCUT2D eigenvalue weighted by molar-refractivity contribution is -0.148. The minimum Gasteiger partial charge on any atom is -0.481 e. The van der Waals surface area contributed by atoms with E-state index in [0.29, 0.717) is 24.9 Å². The third-order valence-electron chi connectivity index (χ3n) is 3.20. The fourth-order valence-corrected chi connectivity index (χ4v) is 1.91. The molecule has 1 aromatic heterocycles. The van der Waals surface area contributed by atoms with Crippen LogP contribution in [-0.2, 0) is 9.53 Å². The van der Waals surface area contributed by atoms with Gasteiger partial charge in [-0.05, 0) is 13.8 Å². The fourth-order valence-electron chi connectivity index (χ4n) is 1.91. The molecule has 104 valence electrons. The predicted octanol–water partition coefficient (Wildman–Crippen LogP) is 0.777. The summed E-state index contributed by atoms with van der Waals surface area (Å²) in [5, 5.41) is 12.4. The van der Waals surface area contributed by atoms with Crippen LogP contribution in [0.2, 0.25) is 0 Å². The van der Waals surface area contributed by atoms with Crippen molar-refractivity contribution in [3.63, 3.8) is 0 Å². The van der Waals surface area contributed by atoms with E-state index in [-0.39, 0.29) is 12.6 Å². The van der Waals surface area contributed by atoms with E-state index < -0.39 is 11.4 Å². The van der Waals surface area contributed by atoms with Crippen molar-refractivity contribution in [2.24, 2.45) is 5.41 Å². The highest BCUT2D eigenvalue weighted by Crippen LogP contribution is 2.31. The summed E-state index contributed by atoms with van der Waals surface area (Å²) in [5.41, 5.74) is -0.962. The topological polar surface area (TPSA) is 93.6 Å². The van der Waals surface area contributed by atoms with Crippen LogP contribution >= 0.6 is 0 Å². The molecule has 7 heteroatoms. The van der Waals surface area contributed by atoms with E-state index in [1.165, 1.54) is 6.33 Å². The number of anilines is 1. The number of aliphatic carboxylic acids is 1. The number of nitrogens with one attached hydrogen (secondary N) is 1. The molecule has 0 spiro atoms. The van der Waals surface area contributed by atoms with E-state index in [9.17, 15) is 9.90 Å². The molecule has 1 aromatic rings. The van der Waals surface area contributed by atoms with Crippen molar-refractivity contribution in [1.82, 2.24) is 9.97 Å². The van der Waals surface area contributed by atoms with Crippen molar-refractivity contribution in [1.29, 1.82) is 0 Å². The van der Waals surface area contributed by atoms with Crippen molar-refractivity contribution in [3.05, 3.63) is 12.4 Å². The van der Waals surface area contributed by atoms with Gasteiger partial charge in [0.1, 0.15) is 17.6 Å². The second-order valence-corrected chi connectivity index (χ2v) is 4.61. The monoisotopic (exact) mass is 267 g/mol. The van der Waals surface area contributed by atoms with Crippen LogP contribution in [0.3, 0.4) is 0 Å². The van der Waals surface area contributed by atoms with Crippen molar-refractivity contribution >= 4 is 11.8 Å². The van der Waals surface area contributed by atoms with Crippen LogP contribution in [0.15, 0.2) is 12.4 Å². The maximum absolute atomic E-state index is 11.3. The van der Waals surface area contributed by atoms with Crippen molar-refractivity contribution in [3.8, 4) is 5.88 Å². The third kappa shape index (κ3) is 2.76. The summed E-state index contributed by atoms with van der Waals surface area (Å²) in [6.45, 7) is 4.54. The highest BCUT2D eigenvalue weighted by molar-refractivity contribution is 5.76. The molecule has 2 unspecified atom stereocenters. The summed E-state index contributed by atoms with van der Waals surface area (Å²) in [6, 6.07) is 1.30. The smallest absolute Gasteiger partial charge is 0.313 e. The van der Waals surface area contributed by atoms with E-state index in [1.807, 2.05) is 6.92 Å². The Kier molecular flexibility index (Phi) is 3.84. The number of nitrogens with zero attached hydrogens (tertiary/aromatic N) is 2. The Morgan fingerprint density at radius 1 is 1.68 bits per heavy atom. The van der Waals surface area contributed by atoms with Gasteiger partial charge < -0.3 is 19.9 Å². The Hall–Kier alpha value is -1.89. The number of aromatic nitrogens is 2. The molecule has 1 aliphatic heterocycles. The van der Waals surface area contributed by atoms with Crippen LogP contribution in [0.5, 0.6) is 5.88 Å². The standard InChI is InChI=1S/C12H17N3O4/c1-3-19-10-4-9(13-7-14-10)15-8-5-18-6-12(8,2)11(16)17/h4,7-8H,3,5-6H2,1-2H3,(H,16,17)(H,13,14,15). The summed E-state index contributed by atoms with van der Waals surface area (Å²) in [5.74, 6) is 0.0963. The highest BCUT2D eigenvalue weighted by Gasteiger charge is 2.46. The first-order chi connectivity index (χ1) is 9.06. The largest absolute Gasteiger partial charge is 0.481 e. The van der Waals surface area contributed by atoms with Gasteiger partial charge in [0.2, 0.25) is 5.88 Å². The van der Waals surface area contributed by atoms with E-state index in [2.05, 4.69) is 15.3 Å². The molecule has 1 fully saturated rings. The van der Waals surface area contributed by atoms with Crippen LogP contribution in [0.25, 0.3) is 0 Å². The van der Waals surface area contributed by atoms with Crippen molar-refractivity contribution in [2.45, 2.75) is 19.9 Å². The Labute approximate surface area is 111 Å². The maximum Gasteiger partial charge on any atom is 0.313 e. The van der Waals surface area contributed by atoms with Gasteiger partial charge in [0, 0.05) is 6.07 Å². The SMILES string of the molecule is CCOc1cc(NC2COCC2(C)C(=O)O)ncn1. The van der Waals surface area contributed by atoms with E-state index >= 15 is 0 Å². The van der Waals surface area contributed by atoms with E-state index in [1.54, 1.807) is 13.0 Å². The zero-order valence-electron chi connectivity index (χ0n) is 10.9. The molecule has 0 bridgehead atoms. The lowest BCUT2D eigenvalue weighted by Crippen LogP contribution is -2.43. The molecular formula is C12H17N3O4. The molecule has 7 nitrogen and oxygen atoms in total. The molecule has 0 aromatic carbocycles. The number of hydrogen-bond acceptors (Lipinski definition) is 6. The second kappa shape index (κ2) is 5.40. The normalized spacial score (nSPS) is 26.1. The average molecular weight is 267 g/mol. The van der Waals surface area contributed by atoms with Gasteiger partial charge in [-0.25, -0.2) is 9.97 Å². The lowest BCUT2D eigenvalue weighted by atomic mass is 9.85. The summed E-state index contributed by atoms with van der Waals surface area (Å²) in [7, 11) is 0. The predicted molar refractivity (Wildman–Crippen MR) is 67.2 cm³/mol. The van der Waals surface area contributed by atoms with E-state index in [0.717, 1.165) is 0 Å². The van der Waals surface area contributed by atoms with Gasteiger partial charge in [-0.1, -0.05) is 0 Å². The Morgan fingerprint density at radius 2 is 2.47 bits per heavy atom. The first-order valence-corrected chi connectivity index (χ1v) is 6.09. The van der Waals surface area contributed by atoms with Crippen LogP contribution in [0.4, 0.5) is 5.82 Å². The van der Waals surface area contributed by atoms with Gasteiger partial charge in [-0.15, -0.1) is 0 Å². The third-order valence-corrected chi connectivity index (χ3v) is 3.20. The summed E-state index contributed by atoms with van der Waals surface area (Å²) < 4.78 is 10.5. The van der Waals surface area contributed by atoms with Crippen LogP contribution in [-0.4, -0.2) is 46.9 Å². The highest BCUT2D eigenvalue weighted by atomic mass is 16.5. The molecule has 2 atom stereocenters. The van der Waals surface area contributed by atoms with Crippen molar-refractivity contribution in [2.75, 3.05) is 25.1 Å². The second-order valence-electron chi connectivity index (χ2n) is 4.61. The quantitative estimate of drug-likeness (QED) is 0.814. The Bertz CT molecular complexity index is 468. The zero-order chi connectivity index (χ0) is 13.9. The van der Waals surface area contributed by atoms with Gasteiger partial charge in [-0.2, -0.15) is 0 Å². The molecule has 0 saturated carbocycles. The number of carboxylic acid groups (broad SMARTS) is 1. The van der Waals surface area contributed by atoms with E-state index in [4.69, 9.17) is 9.47 Å². The summed E-state index contributed by atoms with van der Waals surface area (Å²) >= 11 is 0. The minimum absolute atomic E-state index is 0.184. The van der Waals surface area contributed by atoms with Crippen LogP contribution in [0.1, 0.15) is 13.8 Å². The van der Waals surface area contributed by atoms with Crippen LogP contribution in [0, 0.1) is 5.41 Å². The Balaban J connectivity index is 2.12. The van der Waals surface area contributed by atoms with Crippen molar-refractivity contribution < 1.29 is 19.4 Å². The average Bonchev–Trinajstić information content (AvgIpc) is 2.73. The number of ether oxygens (including phenoxy) is 2. The van der Waals surface area contributed by atoms with Crippen LogP contribution < -0.4 is 10.1 Å². The van der Waals surface area contributed by atoms with Gasteiger partial charge >= 0.3 is 5.97 Å². The van der Waals surface area contributed by atoms with Gasteiger partial charge in [0.05, 0.1) is 25.9 Å². The molecule has 1 aliphatic rings. The first-order valence-electron chi connectivity index (χ1n) is 6.09. The molecule has 2 N–H and O–H groups in total. The van der Waals surface area contributed by atoms with Gasteiger partial charge in [0.25, 0.3) is 0 Å². The minimum atomic E-state index is -0.962. The molecule has 0 radical (unpaired) electrons.